The van der Waals surface area contributed by atoms with Crippen molar-refractivity contribution >= 4 is 11.8 Å². The first kappa shape index (κ1) is 13.0. The molecule has 0 saturated heterocycles. The summed E-state index contributed by atoms with van der Waals surface area (Å²) < 4.78 is 0. The normalized spacial score (nSPS) is 19.1. The Morgan fingerprint density at radius 1 is 1.31 bits per heavy atom. The molecule has 4 N–H and O–H groups in total. The van der Waals surface area contributed by atoms with Gasteiger partial charge >= 0.3 is 0 Å². The van der Waals surface area contributed by atoms with Crippen molar-refractivity contribution in [2.45, 2.75) is 45.2 Å². The molecule has 0 heterocycles. The van der Waals surface area contributed by atoms with E-state index in [-0.39, 0.29) is 11.8 Å². The standard InChI is InChI=1S/C11H21N3O2/c1-7(2)6-13-9(15)8(3)14-10(16)11(12)4-5-11/h7-8H,4-6,12H2,1-3H3,(H,13,15)(H,14,16). The van der Waals surface area contributed by atoms with Crippen molar-refractivity contribution in [3.8, 4) is 0 Å². The highest BCUT2D eigenvalue weighted by Gasteiger charge is 2.46. The summed E-state index contributed by atoms with van der Waals surface area (Å²) in [5.41, 5.74) is 5.00. The van der Waals surface area contributed by atoms with E-state index in [1.807, 2.05) is 13.8 Å². The van der Waals surface area contributed by atoms with Gasteiger partial charge in [0.25, 0.3) is 0 Å². The third-order valence-electron chi connectivity index (χ3n) is 2.67. The highest BCUT2D eigenvalue weighted by atomic mass is 16.2. The number of amides is 2. The second-order valence-electron chi connectivity index (χ2n) is 4.99. The highest BCUT2D eigenvalue weighted by Crippen LogP contribution is 2.32. The van der Waals surface area contributed by atoms with Crippen molar-refractivity contribution in [3.63, 3.8) is 0 Å². The van der Waals surface area contributed by atoms with Crippen LogP contribution in [0.2, 0.25) is 0 Å². The van der Waals surface area contributed by atoms with Crippen LogP contribution in [0.25, 0.3) is 0 Å². The maximum Gasteiger partial charge on any atom is 0.242 e. The first-order valence-electron chi connectivity index (χ1n) is 5.73. The predicted octanol–water partition coefficient (Wildman–Crippen LogP) is -0.245. The van der Waals surface area contributed by atoms with E-state index < -0.39 is 11.6 Å². The number of carbonyl (C=O) groups is 2. The number of hydrogen-bond donors (Lipinski definition) is 3. The largest absolute Gasteiger partial charge is 0.354 e. The Hall–Kier alpha value is -1.10. The Morgan fingerprint density at radius 3 is 2.31 bits per heavy atom. The Labute approximate surface area is 96.1 Å². The molecule has 16 heavy (non-hydrogen) atoms. The van der Waals surface area contributed by atoms with Crippen molar-refractivity contribution in [1.82, 2.24) is 10.6 Å². The number of nitrogens with one attached hydrogen (secondary N) is 2. The summed E-state index contributed by atoms with van der Waals surface area (Å²) in [5, 5.41) is 5.39. The van der Waals surface area contributed by atoms with Gasteiger partial charge < -0.3 is 16.4 Å². The summed E-state index contributed by atoms with van der Waals surface area (Å²) >= 11 is 0. The molecule has 0 bridgehead atoms. The lowest BCUT2D eigenvalue weighted by Crippen LogP contribution is -2.51. The summed E-state index contributed by atoms with van der Waals surface area (Å²) in [6, 6.07) is -0.521. The molecular weight excluding hydrogens is 206 g/mol. The number of rotatable bonds is 5. The smallest absolute Gasteiger partial charge is 0.242 e. The number of carbonyl (C=O) groups excluding carboxylic acids is 2. The van der Waals surface area contributed by atoms with Crippen molar-refractivity contribution in [2.24, 2.45) is 11.7 Å². The van der Waals surface area contributed by atoms with Crippen LogP contribution in [0.1, 0.15) is 33.6 Å². The fraction of sp³-hybridized carbons (Fsp3) is 0.818. The van der Waals surface area contributed by atoms with Crippen molar-refractivity contribution in [1.29, 1.82) is 0 Å². The van der Waals surface area contributed by atoms with Crippen LogP contribution in [0.15, 0.2) is 0 Å². The van der Waals surface area contributed by atoms with Crippen molar-refractivity contribution < 1.29 is 9.59 Å². The van der Waals surface area contributed by atoms with Gasteiger partial charge in [0.15, 0.2) is 0 Å². The van der Waals surface area contributed by atoms with Crippen LogP contribution in [0, 0.1) is 5.92 Å². The van der Waals surface area contributed by atoms with E-state index in [4.69, 9.17) is 5.73 Å². The number of nitrogens with two attached hydrogens (primary N) is 1. The third-order valence-corrected chi connectivity index (χ3v) is 2.67. The molecular formula is C11H21N3O2. The fourth-order valence-electron chi connectivity index (χ4n) is 1.23. The lowest BCUT2D eigenvalue weighted by Gasteiger charge is -2.17. The molecule has 5 nitrogen and oxygen atoms in total. The van der Waals surface area contributed by atoms with E-state index in [9.17, 15) is 9.59 Å². The van der Waals surface area contributed by atoms with Gasteiger partial charge in [0.2, 0.25) is 11.8 Å². The summed E-state index contributed by atoms with van der Waals surface area (Å²) in [5.74, 6) is 0.0159. The van der Waals surface area contributed by atoms with Gasteiger partial charge in [-0.3, -0.25) is 9.59 Å². The van der Waals surface area contributed by atoms with E-state index in [2.05, 4.69) is 10.6 Å². The van der Waals surface area contributed by atoms with Crippen LogP contribution in [-0.4, -0.2) is 29.9 Å². The van der Waals surface area contributed by atoms with Crippen LogP contribution >= 0.6 is 0 Å². The second-order valence-corrected chi connectivity index (χ2v) is 4.99. The van der Waals surface area contributed by atoms with Gasteiger partial charge in [-0.1, -0.05) is 13.8 Å². The molecule has 0 spiro atoms. The first-order valence-corrected chi connectivity index (χ1v) is 5.73. The Balaban J connectivity index is 2.31. The van der Waals surface area contributed by atoms with Crippen molar-refractivity contribution in [2.75, 3.05) is 6.54 Å². The van der Waals surface area contributed by atoms with E-state index in [0.717, 1.165) is 0 Å². The Kier molecular flexibility index (Phi) is 3.91. The quantitative estimate of drug-likeness (QED) is 0.606. The molecule has 1 aliphatic rings. The lowest BCUT2D eigenvalue weighted by atomic mass is 10.2. The molecule has 92 valence electrons. The molecule has 0 aromatic rings. The van der Waals surface area contributed by atoms with Crippen LogP contribution in [0.3, 0.4) is 0 Å². The monoisotopic (exact) mass is 227 g/mol. The van der Waals surface area contributed by atoms with Crippen LogP contribution in [-0.2, 0) is 9.59 Å². The van der Waals surface area contributed by atoms with Crippen LogP contribution < -0.4 is 16.4 Å². The average Bonchev–Trinajstić information content (AvgIpc) is 2.94. The zero-order valence-electron chi connectivity index (χ0n) is 10.2. The average molecular weight is 227 g/mol. The summed E-state index contributed by atoms with van der Waals surface area (Å²) in [4.78, 5) is 23.1. The maximum absolute atomic E-state index is 11.6. The fourth-order valence-corrected chi connectivity index (χ4v) is 1.23. The molecule has 0 aliphatic heterocycles. The minimum Gasteiger partial charge on any atom is -0.354 e. The topological polar surface area (TPSA) is 84.2 Å². The van der Waals surface area contributed by atoms with Crippen LogP contribution in [0.5, 0.6) is 0 Å². The lowest BCUT2D eigenvalue weighted by molar-refractivity contribution is -0.129. The summed E-state index contributed by atoms with van der Waals surface area (Å²) in [6.45, 7) is 6.32. The second kappa shape index (κ2) is 4.82. The molecule has 2 amide bonds. The van der Waals surface area contributed by atoms with Crippen LogP contribution in [0.4, 0.5) is 0 Å². The minimum absolute atomic E-state index is 0.161. The summed E-state index contributed by atoms with van der Waals surface area (Å²) in [6.07, 6.45) is 1.42. The summed E-state index contributed by atoms with van der Waals surface area (Å²) in [7, 11) is 0. The zero-order chi connectivity index (χ0) is 12.3. The Bertz CT molecular complexity index is 285. The molecule has 0 aromatic heterocycles. The highest BCUT2D eigenvalue weighted by molar-refractivity contribution is 5.93. The predicted molar refractivity (Wildman–Crippen MR) is 61.6 cm³/mol. The molecule has 1 aliphatic carbocycles. The van der Waals surface area contributed by atoms with E-state index in [0.29, 0.717) is 25.3 Å². The molecule has 1 rings (SSSR count). The van der Waals surface area contributed by atoms with Gasteiger partial charge in [-0.15, -0.1) is 0 Å². The maximum atomic E-state index is 11.6. The van der Waals surface area contributed by atoms with Gasteiger partial charge in [-0.05, 0) is 25.7 Å². The van der Waals surface area contributed by atoms with E-state index in [1.165, 1.54) is 0 Å². The van der Waals surface area contributed by atoms with E-state index in [1.54, 1.807) is 6.92 Å². The molecule has 1 unspecified atom stereocenters. The molecule has 0 aromatic carbocycles. The molecule has 0 radical (unpaired) electrons. The minimum atomic E-state index is -0.716. The number of hydrogen-bond acceptors (Lipinski definition) is 3. The molecule has 1 atom stereocenters. The van der Waals surface area contributed by atoms with Crippen molar-refractivity contribution in [3.05, 3.63) is 0 Å². The van der Waals surface area contributed by atoms with Gasteiger partial charge in [0.05, 0.1) is 5.54 Å². The first-order chi connectivity index (χ1) is 7.35. The Morgan fingerprint density at radius 2 is 1.88 bits per heavy atom. The SMILES string of the molecule is CC(C)CNC(=O)C(C)NC(=O)C1(N)CC1. The van der Waals surface area contributed by atoms with Gasteiger partial charge in [0.1, 0.15) is 6.04 Å². The van der Waals surface area contributed by atoms with E-state index >= 15 is 0 Å². The van der Waals surface area contributed by atoms with Gasteiger partial charge in [-0.2, -0.15) is 0 Å². The third kappa shape index (κ3) is 3.48. The zero-order valence-corrected chi connectivity index (χ0v) is 10.2. The van der Waals surface area contributed by atoms with Gasteiger partial charge in [-0.25, -0.2) is 0 Å². The molecule has 1 fully saturated rings. The molecule has 1 saturated carbocycles. The molecule has 5 heteroatoms. The van der Waals surface area contributed by atoms with Gasteiger partial charge in [0, 0.05) is 6.54 Å².